The number of hydrogen-bond acceptors (Lipinski definition) is 11. The van der Waals surface area contributed by atoms with Crippen LogP contribution in [0.3, 0.4) is 0 Å². The molecule has 2 aliphatic rings. The van der Waals surface area contributed by atoms with Crippen LogP contribution >= 0.6 is 0 Å². The minimum absolute atomic E-state index is 0.0598. The Bertz CT molecular complexity index is 2520. The number of H-pyrrole nitrogens is 1. The van der Waals surface area contributed by atoms with E-state index in [0.29, 0.717) is 29.7 Å². The first-order valence-corrected chi connectivity index (χ1v) is 22.8. The summed E-state index contributed by atoms with van der Waals surface area (Å²) in [7, 11) is 0. The Hall–Kier alpha value is -6.29. The molecule has 4 heterocycles. The Morgan fingerprint density at radius 2 is 1.68 bits per heavy atom. The molecule has 0 saturated carbocycles. The lowest BCUT2D eigenvalue weighted by atomic mass is 9.94. The number of anilines is 2. The number of aromatic nitrogens is 4. The van der Waals surface area contributed by atoms with Crippen LogP contribution in [0, 0.1) is 20.8 Å². The number of aldehydes is 2. The van der Waals surface area contributed by atoms with Crippen LogP contribution in [0.15, 0.2) is 71.7 Å². The van der Waals surface area contributed by atoms with Gasteiger partial charge in [0.25, 0.3) is 11.5 Å². The molecule has 15 heteroatoms. The maximum atomic E-state index is 14.0. The molecule has 2 amide bonds. The number of hydrogen-bond donors (Lipinski definition) is 3. The summed E-state index contributed by atoms with van der Waals surface area (Å²) in [5, 5.41) is 14.1. The Morgan fingerprint density at radius 1 is 0.923 bits per heavy atom. The highest BCUT2D eigenvalue weighted by Crippen LogP contribution is 2.34. The molecule has 3 aromatic carbocycles. The van der Waals surface area contributed by atoms with E-state index in [9.17, 15) is 24.0 Å². The van der Waals surface area contributed by atoms with E-state index >= 15 is 0 Å². The second-order valence-electron chi connectivity index (χ2n) is 17.2. The zero-order valence-corrected chi connectivity index (χ0v) is 38.0. The zero-order valence-electron chi connectivity index (χ0n) is 38.0. The summed E-state index contributed by atoms with van der Waals surface area (Å²) in [6.45, 7) is 16.1. The first-order chi connectivity index (χ1) is 31.5. The average molecular weight is 884 g/mol. The molecule has 2 aromatic heterocycles. The fraction of sp³-hybridized carbons (Fsp3) is 0.420. The summed E-state index contributed by atoms with van der Waals surface area (Å²) in [5.74, 6) is -0.572. The first-order valence-electron chi connectivity index (χ1n) is 22.8. The summed E-state index contributed by atoms with van der Waals surface area (Å²) < 4.78 is 7.18. The Balaban J connectivity index is 0.906. The van der Waals surface area contributed by atoms with Crippen LogP contribution in [-0.4, -0.2) is 113 Å². The van der Waals surface area contributed by atoms with Crippen molar-refractivity contribution in [2.24, 2.45) is 0 Å². The number of ether oxygens (including phenoxy) is 1. The lowest BCUT2D eigenvalue weighted by molar-refractivity contribution is -0.116. The number of nitrogens with zero attached hydrogens (tertiary/aromatic N) is 6. The van der Waals surface area contributed by atoms with Gasteiger partial charge in [-0.1, -0.05) is 41.6 Å². The third kappa shape index (κ3) is 11.9. The summed E-state index contributed by atoms with van der Waals surface area (Å²) in [4.78, 5) is 72.4. The lowest BCUT2D eigenvalue weighted by Gasteiger charge is -2.37. The lowest BCUT2D eigenvalue weighted by Crippen LogP contribution is -2.46. The van der Waals surface area contributed by atoms with E-state index in [1.54, 1.807) is 18.3 Å². The highest BCUT2D eigenvalue weighted by molar-refractivity contribution is 6.01. The van der Waals surface area contributed by atoms with E-state index in [-0.39, 0.29) is 47.3 Å². The number of unbranched alkanes of at least 4 members (excludes halogenated alkanes) is 1. The molecule has 342 valence electrons. The van der Waals surface area contributed by atoms with Gasteiger partial charge >= 0.3 is 0 Å². The molecule has 0 aliphatic carbocycles. The monoisotopic (exact) mass is 883 g/mol. The van der Waals surface area contributed by atoms with E-state index in [2.05, 4.69) is 77.9 Å². The Labute approximate surface area is 380 Å². The van der Waals surface area contributed by atoms with Crippen molar-refractivity contribution in [3.63, 3.8) is 0 Å². The molecule has 2 aliphatic heterocycles. The molecular weight excluding hydrogens is 823 g/mol. The molecular formula is C50H61N9O6. The minimum atomic E-state index is -0.368. The van der Waals surface area contributed by atoms with Crippen LogP contribution in [0.2, 0.25) is 0 Å². The number of aryl methyl sites for hydroxylation is 3. The summed E-state index contributed by atoms with van der Waals surface area (Å²) in [6.07, 6.45) is 7.53. The molecule has 65 heavy (non-hydrogen) atoms. The fourth-order valence-electron chi connectivity index (χ4n) is 9.05. The summed E-state index contributed by atoms with van der Waals surface area (Å²) in [6, 6.07) is 19.9. The molecule has 2 fully saturated rings. The number of carbonyl (C=O) groups is 4. The van der Waals surface area contributed by atoms with Gasteiger partial charge in [0.1, 0.15) is 6.54 Å². The van der Waals surface area contributed by atoms with Crippen LogP contribution < -0.4 is 21.1 Å². The fourth-order valence-corrected chi connectivity index (χ4v) is 9.05. The van der Waals surface area contributed by atoms with Crippen molar-refractivity contribution in [1.82, 2.24) is 35.1 Å². The molecule has 0 atom stereocenters. The smallest absolute Gasteiger partial charge is 0.253 e. The molecule has 0 unspecified atom stereocenters. The number of carbonyl (C=O) groups excluding carboxylic acids is 4. The third-order valence-corrected chi connectivity index (χ3v) is 12.7. The van der Waals surface area contributed by atoms with Gasteiger partial charge in [0.05, 0.1) is 11.4 Å². The maximum absolute atomic E-state index is 14.0. The molecule has 0 spiro atoms. The van der Waals surface area contributed by atoms with E-state index in [4.69, 9.17) is 4.74 Å². The topological polar surface area (TPSA) is 175 Å². The van der Waals surface area contributed by atoms with Gasteiger partial charge in [-0.15, -0.1) is 5.10 Å². The largest absolute Gasteiger partial charge is 0.381 e. The average Bonchev–Trinajstić information content (AvgIpc) is 3.75. The van der Waals surface area contributed by atoms with Crippen molar-refractivity contribution in [2.45, 2.75) is 85.5 Å². The van der Waals surface area contributed by atoms with Gasteiger partial charge in [0.2, 0.25) is 5.91 Å². The van der Waals surface area contributed by atoms with Crippen molar-refractivity contribution < 1.29 is 23.9 Å². The number of nitrogens with one attached hydrogen (secondary N) is 3. The first kappa shape index (κ1) is 46.7. The Morgan fingerprint density at radius 3 is 2.38 bits per heavy atom. The quantitative estimate of drug-likeness (QED) is 0.0666. The highest BCUT2D eigenvalue weighted by atomic mass is 16.5. The van der Waals surface area contributed by atoms with Gasteiger partial charge in [-0.3, -0.25) is 28.9 Å². The van der Waals surface area contributed by atoms with Crippen LogP contribution in [0.25, 0.3) is 11.1 Å². The molecule has 0 radical (unpaired) electrons. The SMILES string of the molecule is CCN(c1cc(-c2ccc(CN3CCN(CCCCc4cn(CC(=O)Nc5cccc(C=O)c5C=O)nn4)CC3)cc2)cc(C(=O)NCc2c(C)cc(C)[nH]c2=O)c1C)C1CCOCC1. The van der Waals surface area contributed by atoms with Crippen LogP contribution in [0.5, 0.6) is 0 Å². The van der Waals surface area contributed by atoms with Gasteiger partial charge in [0, 0.05) is 105 Å². The van der Waals surface area contributed by atoms with E-state index in [1.807, 2.05) is 32.9 Å². The zero-order chi connectivity index (χ0) is 45.9. The van der Waals surface area contributed by atoms with Gasteiger partial charge in [0.15, 0.2) is 12.6 Å². The van der Waals surface area contributed by atoms with Crippen molar-refractivity contribution in [3.8, 4) is 11.1 Å². The number of piperazine rings is 1. The number of rotatable bonds is 19. The van der Waals surface area contributed by atoms with Gasteiger partial charge in [-0.05, 0) is 118 Å². The molecule has 15 nitrogen and oxygen atoms in total. The maximum Gasteiger partial charge on any atom is 0.253 e. The summed E-state index contributed by atoms with van der Waals surface area (Å²) in [5.41, 5.74) is 9.34. The number of amides is 2. The minimum Gasteiger partial charge on any atom is -0.381 e. The second kappa shape index (κ2) is 22.1. The second-order valence-corrected chi connectivity index (χ2v) is 17.2. The molecule has 3 N–H and O–H groups in total. The van der Waals surface area contributed by atoms with E-state index in [1.165, 1.54) is 16.3 Å². The third-order valence-electron chi connectivity index (χ3n) is 12.7. The van der Waals surface area contributed by atoms with Crippen molar-refractivity contribution >= 4 is 35.8 Å². The van der Waals surface area contributed by atoms with E-state index < -0.39 is 0 Å². The number of aromatic amines is 1. The van der Waals surface area contributed by atoms with Crippen molar-refractivity contribution in [1.29, 1.82) is 0 Å². The number of pyridine rings is 1. The molecule has 5 aromatic rings. The normalized spacial score (nSPS) is 14.8. The molecule has 0 bridgehead atoms. The van der Waals surface area contributed by atoms with Gasteiger partial charge in [-0.25, -0.2) is 4.68 Å². The Kier molecular flexibility index (Phi) is 15.9. The predicted octanol–water partition coefficient (Wildman–Crippen LogP) is 5.90. The van der Waals surface area contributed by atoms with Gasteiger partial charge in [-0.2, -0.15) is 0 Å². The van der Waals surface area contributed by atoms with Crippen LogP contribution in [-0.2, 0) is 35.6 Å². The predicted molar refractivity (Wildman–Crippen MR) is 252 cm³/mol. The van der Waals surface area contributed by atoms with Gasteiger partial charge < -0.3 is 30.2 Å². The molecule has 7 rings (SSSR count). The van der Waals surface area contributed by atoms with Crippen LogP contribution in [0.1, 0.15) is 97.3 Å². The van der Waals surface area contributed by atoms with Crippen molar-refractivity contribution in [3.05, 3.63) is 128 Å². The summed E-state index contributed by atoms with van der Waals surface area (Å²) >= 11 is 0. The molecule has 2 saturated heterocycles. The van der Waals surface area contributed by atoms with E-state index in [0.717, 1.165) is 130 Å². The van der Waals surface area contributed by atoms with Crippen molar-refractivity contribution in [2.75, 3.05) is 62.7 Å². The standard InChI is InChI=1S/C50H61N9O6/c1-5-59(42-16-23-65-24-17-42)47-27-40(26-43(36(47)4)49(63)51-28-44-34(2)25-35(3)52-50(44)64)38-14-12-37(13-15-38)29-57-21-19-56(20-22-57)18-7-6-10-41-30-58(55-54-41)31-48(62)53-46-11-8-9-39(32-60)45(46)33-61/h8-9,11-15,25-27,30,32-33,42H,5-7,10,16-24,28-29,31H2,1-4H3,(H,51,63)(H,52,64)(H,53,62). The van der Waals surface area contributed by atoms with Crippen LogP contribution in [0.4, 0.5) is 11.4 Å². The highest BCUT2D eigenvalue weighted by Gasteiger charge is 2.25. The number of benzene rings is 3.